The zero-order valence-electron chi connectivity index (χ0n) is 16.5. The Morgan fingerprint density at radius 1 is 1.04 bits per heavy atom. The Labute approximate surface area is 165 Å². The van der Waals surface area contributed by atoms with Crippen molar-refractivity contribution in [3.8, 4) is 0 Å². The third-order valence-corrected chi connectivity index (χ3v) is 4.96. The van der Waals surface area contributed by atoms with Gasteiger partial charge in [-0.2, -0.15) is 0 Å². The zero-order chi connectivity index (χ0) is 20.1. The molecule has 0 fully saturated rings. The van der Waals surface area contributed by atoms with Gasteiger partial charge in [-0.15, -0.1) is 0 Å². The normalized spacial score (nSPS) is 11.8. The summed E-state index contributed by atoms with van der Waals surface area (Å²) in [6.07, 6.45) is 3.87. The number of aryl methyl sites for hydroxylation is 3. The van der Waals surface area contributed by atoms with Crippen molar-refractivity contribution in [2.45, 2.75) is 32.7 Å². The van der Waals surface area contributed by atoms with Crippen molar-refractivity contribution < 1.29 is 9.59 Å². The topological polar surface area (TPSA) is 64.0 Å². The summed E-state index contributed by atoms with van der Waals surface area (Å²) in [6.45, 7) is 3.99. The first-order chi connectivity index (χ1) is 13.5. The number of carbonyl (C=O) groups excluding carboxylic acids is 2. The Morgan fingerprint density at radius 2 is 1.79 bits per heavy atom. The van der Waals surface area contributed by atoms with Crippen molar-refractivity contribution in [1.29, 1.82) is 0 Å². The highest BCUT2D eigenvalue weighted by atomic mass is 16.2. The Hall–Kier alpha value is -3.21. The van der Waals surface area contributed by atoms with Crippen molar-refractivity contribution in [2.75, 3.05) is 0 Å². The zero-order valence-corrected chi connectivity index (χ0v) is 16.5. The van der Waals surface area contributed by atoms with Crippen molar-refractivity contribution in [3.05, 3.63) is 89.0 Å². The largest absolute Gasteiger partial charge is 0.342 e. The van der Waals surface area contributed by atoms with E-state index in [-0.39, 0.29) is 30.6 Å². The lowest BCUT2D eigenvalue weighted by atomic mass is 10.0. The summed E-state index contributed by atoms with van der Waals surface area (Å²) in [6, 6.07) is 15.0. The number of nitrogens with one attached hydrogen (secondary N) is 1. The number of imidazole rings is 1. The number of rotatable bonds is 7. The molecule has 0 aliphatic heterocycles. The van der Waals surface area contributed by atoms with Gasteiger partial charge in [0.2, 0.25) is 5.91 Å². The minimum atomic E-state index is -0.356. The molecule has 5 heteroatoms. The van der Waals surface area contributed by atoms with E-state index in [9.17, 15) is 9.59 Å². The van der Waals surface area contributed by atoms with Crippen LogP contribution in [0.25, 0.3) is 0 Å². The van der Waals surface area contributed by atoms with E-state index in [4.69, 9.17) is 0 Å². The minimum absolute atomic E-state index is 0.0218. The number of amides is 1. The maximum absolute atomic E-state index is 12.6. The molecule has 144 valence electrons. The maximum Gasteiger partial charge on any atom is 0.221 e. The average molecular weight is 375 g/mol. The molecule has 1 atom stereocenters. The lowest BCUT2D eigenvalue weighted by molar-refractivity contribution is -0.121. The highest BCUT2D eigenvalue weighted by Crippen LogP contribution is 2.20. The number of hydrogen-bond acceptors (Lipinski definition) is 3. The molecule has 0 spiro atoms. The highest BCUT2D eigenvalue weighted by Gasteiger charge is 2.21. The molecule has 0 saturated carbocycles. The number of benzene rings is 2. The van der Waals surface area contributed by atoms with Crippen LogP contribution in [0.4, 0.5) is 0 Å². The molecular weight excluding hydrogens is 350 g/mol. The molecule has 28 heavy (non-hydrogen) atoms. The molecule has 1 heterocycles. The molecule has 3 rings (SSSR count). The van der Waals surface area contributed by atoms with Crippen LogP contribution < -0.4 is 5.32 Å². The molecule has 0 bridgehead atoms. The van der Waals surface area contributed by atoms with Crippen LogP contribution in [0.2, 0.25) is 0 Å². The molecule has 1 N–H and O–H groups in total. The quantitative estimate of drug-likeness (QED) is 0.637. The first kappa shape index (κ1) is 19.5. The van der Waals surface area contributed by atoms with Crippen LogP contribution in [0, 0.1) is 13.8 Å². The Bertz CT molecular complexity index is 977. The second-order valence-electron chi connectivity index (χ2n) is 7.03. The van der Waals surface area contributed by atoms with Crippen LogP contribution in [-0.2, 0) is 11.8 Å². The third-order valence-electron chi connectivity index (χ3n) is 4.96. The van der Waals surface area contributed by atoms with E-state index in [1.807, 2.05) is 80.2 Å². The molecule has 0 aliphatic rings. The van der Waals surface area contributed by atoms with Crippen LogP contribution in [-0.4, -0.2) is 21.2 Å². The minimum Gasteiger partial charge on any atom is -0.342 e. The van der Waals surface area contributed by atoms with Crippen LogP contribution in [0.1, 0.15) is 51.8 Å². The molecule has 2 aromatic carbocycles. The van der Waals surface area contributed by atoms with Gasteiger partial charge in [-0.25, -0.2) is 4.98 Å². The van der Waals surface area contributed by atoms with Crippen LogP contribution in [0.3, 0.4) is 0 Å². The van der Waals surface area contributed by atoms with Gasteiger partial charge in [-0.1, -0.05) is 42.5 Å². The molecule has 0 radical (unpaired) electrons. The van der Waals surface area contributed by atoms with Crippen LogP contribution >= 0.6 is 0 Å². The van der Waals surface area contributed by atoms with Gasteiger partial charge in [0.05, 0.1) is 0 Å². The van der Waals surface area contributed by atoms with E-state index in [0.717, 1.165) is 22.5 Å². The third kappa shape index (κ3) is 4.55. The van der Waals surface area contributed by atoms with Gasteiger partial charge in [0.1, 0.15) is 11.9 Å². The summed E-state index contributed by atoms with van der Waals surface area (Å²) in [5.74, 6) is 0.556. The monoisotopic (exact) mass is 375 g/mol. The fourth-order valence-corrected chi connectivity index (χ4v) is 3.12. The van der Waals surface area contributed by atoms with E-state index in [1.54, 1.807) is 6.20 Å². The van der Waals surface area contributed by atoms with Gasteiger partial charge >= 0.3 is 0 Å². The standard InChI is InChI=1S/C23H25N3O2/c1-16-9-10-19(15-17(16)2)20(27)11-12-21(28)25-22(18-7-5-4-6-8-18)23-24-13-14-26(23)3/h4-10,13-15,22H,11-12H2,1-3H3,(H,25,28). The Balaban J connectivity index is 1.68. The maximum atomic E-state index is 12.6. The summed E-state index contributed by atoms with van der Waals surface area (Å²) in [7, 11) is 1.90. The van der Waals surface area contributed by atoms with E-state index in [1.165, 1.54) is 0 Å². The summed E-state index contributed by atoms with van der Waals surface area (Å²) >= 11 is 0. The SMILES string of the molecule is Cc1ccc(C(=O)CCC(=O)NC(c2ccccc2)c2nccn2C)cc1C. The average Bonchev–Trinajstić information content (AvgIpc) is 3.12. The van der Waals surface area contributed by atoms with E-state index < -0.39 is 0 Å². The molecule has 3 aromatic rings. The number of aromatic nitrogens is 2. The summed E-state index contributed by atoms with van der Waals surface area (Å²) in [4.78, 5) is 29.4. The van der Waals surface area contributed by atoms with Crippen LogP contribution in [0.15, 0.2) is 60.9 Å². The Morgan fingerprint density at radius 3 is 2.43 bits per heavy atom. The molecule has 1 unspecified atom stereocenters. The molecule has 1 aromatic heterocycles. The fourth-order valence-electron chi connectivity index (χ4n) is 3.12. The Kier molecular flexibility index (Phi) is 6.04. The van der Waals surface area contributed by atoms with Crippen molar-refractivity contribution in [3.63, 3.8) is 0 Å². The van der Waals surface area contributed by atoms with Crippen molar-refractivity contribution in [1.82, 2.24) is 14.9 Å². The first-order valence-corrected chi connectivity index (χ1v) is 9.37. The number of carbonyl (C=O) groups is 2. The molecular formula is C23H25N3O2. The summed E-state index contributed by atoms with van der Waals surface area (Å²) in [5.41, 5.74) is 3.83. The van der Waals surface area contributed by atoms with Gasteiger partial charge in [-0.3, -0.25) is 9.59 Å². The van der Waals surface area contributed by atoms with E-state index >= 15 is 0 Å². The van der Waals surface area contributed by atoms with Crippen LogP contribution in [0.5, 0.6) is 0 Å². The molecule has 0 saturated heterocycles. The molecule has 1 amide bonds. The predicted octanol–water partition coefficient (Wildman–Crippen LogP) is 3.91. The molecule has 5 nitrogen and oxygen atoms in total. The summed E-state index contributed by atoms with van der Waals surface area (Å²) in [5, 5.41) is 3.03. The van der Waals surface area contributed by atoms with Gasteiger partial charge in [0, 0.05) is 37.8 Å². The van der Waals surface area contributed by atoms with Gasteiger partial charge in [0.15, 0.2) is 5.78 Å². The first-order valence-electron chi connectivity index (χ1n) is 9.37. The highest BCUT2D eigenvalue weighted by molar-refractivity contribution is 5.98. The predicted molar refractivity (Wildman–Crippen MR) is 109 cm³/mol. The van der Waals surface area contributed by atoms with Gasteiger partial charge in [0.25, 0.3) is 0 Å². The van der Waals surface area contributed by atoms with Gasteiger partial charge in [-0.05, 0) is 36.6 Å². The van der Waals surface area contributed by atoms with E-state index in [2.05, 4.69) is 10.3 Å². The number of Topliss-reactive ketones (excluding diaryl/α,β-unsaturated/α-hetero) is 1. The molecule has 0 aliphatic carbocycles. The fraction of sp³-hybridized carbons (Fsp3) is 0.261. The number of hydrogen-bond donors (Lipinski definition) is 1. The smallest absolute Gasteiger partial charge is 0.221 e. The summed E-state index contributed by atoms with van der Waals surface area (Å²) < 4.78 is 1.89. The van der Waals surface area contributed by atoms with Crippen molar-refractivity contribution >= 4 is 11.7 Å². The van der Waals surface area contributed by atoms with E-state index in [0.29, 0.717) is 5.56 Å². The van der Waals surface area contributed by atoms with Crippen molar-refractivity contribution in [2.24, 2.45) is 7.05 Å². The lowest BCUT2D eigenvalue weighted by Gasteiger charge is -2.19. The van der Waals surface area contributed by atoms with Gasteiger partial charge < -0.3 is 9.88 Å². The second kappa shape index (κ2) is 8.65. The second-order valence-corrected chi connectivity index (χ2v) is 7.03. The number of nitrogens with zero attached hydrogens (tertiary/aromatic N) is 2. The number of ketones is 1. The lowest BCUT2D eigenvalue weighted by Crippen LogP contribution is -2.31.